The lowest BCUT2D eigenvalue weighted by Gasteiger charge is -2.56. The molecule has 2 aliphatic rings. The first kappa shape index (κ1) is 35.7. The van der Waals surface area contributed by atoms with Gasteiger partial charge in [0.25, 0.3) is 0 Å². The molecule has 270 valence electrons. The van der Waals surface area contributed by atoms with E-state index in [0.29, 0.717) is 23.1 Å². The van der Waals surface area contributed by atoms with E-state index >= 15 is 0 Å². The Balaban J connectivity index is 1.28. The van der Waals surface area contributed by atoms with E-state index in [2.05, 4.69) is 74.7 Å². The van der Waals surface area contributed by atoms with Gasteiger partial charge in [0.2, 0.25) is 0 Å². The first-order valence-electron chi connectivity index (χ1n) is 18.9. The number of ether oxygens (including phenoxy) is 2. The highest BCUT2D eigenvalue weighted by Gasteiger charge is 2.52. The predicted molar refractivity (Wildman–Crippen MR) is 209 cm³/mol. The van der Waals surface area contributed by atoms with Gasteiger partial charge >= 0.3 is 5.97 Å². The molecule has 6 heteroatoms. The Kier molecular flexibility index (Phi) is 9.39. The Morgan fingerprint density at radius 3 is 2.44 bits per heavy atom. The maximum atomic E-state index is 12.5. The minimum Gasteiger partial charge on any atom is -0.482 e. The topological polar surface area (TPSA) is 70.4 Å². The Bertz CT molecular complexity index is 2120. The van der Waals surface area contributed by atoms with Crippen molar-refractivity contribution in [2.45, 2.75) is 104 Å². The fourth-order valence-corrected chi connectivity index (χ4v) is 9.24. The lowest BCUT2D eigenvalue weighted by molar-refractivity contribution is -0.157. The molecule has 0 radical (unpaired) electrons. The normalized spacial score (nSPS) is 21.4. The van der Waals surface area contributed by atoms with Crippen LogP contribution in [0.25, 0.3) is 33.5 Å². The van der Waals surface area contributed by atoms with Gasteiger partial charge in [-0.15, -0.1) is 0 Å². The molecule has 7 rings (SSSR count). The third-order valence-corrected chi connectivity index (χ3v) is 11.7. The van der Waals surface area contributed by atoms with Gasteiger partial charge in [0, 0.05) is 17.7 Å². The van der Waals surface area contributed by atoms with Gasteiger partial charge in [-0.1, -0.05) is 94.8 Å². The summed E-state index contributed by atoms with van der Waals surface area (Å²) < 4.78 is 13.9. The molecule has 1 fully saturated rings. The van der Waals surface area contributed by atoms with E-state index < -0.39 is 11.6 Å². The van der Waals surface area contributed by atoms with Gasteiger partial charge in [0.15, 0.2) is 6.61 Å². The molecule has 1 saturated carbocycles. The Morgan fingerprint density at radius 1 is 0.942 bits per heavy atom. The molecule has 0 unspecified atom stereocenters. The van der Waals surface area contributed by atoms with Crippen LogP contribution in [0.3, 0.4) is 0 Å². The highest BCUT2D eigenvalue weighted by atomic mass is 16.6. The van der Waals surface area contributed by atoms with Gasteiger partial charge in [0.1, 0.15) is 23.5 Å². The Morgan fingerprint density at radius 2 is 1.71 bits per heavy atom. The van der Waals surface area contributed by atoms with E-state index in [-0.39, 0.29) is 17.4 Å². The number of imidazole rings is 1. The number of carbonyl (C=O) groups is 2. The highest BCUT2D eigenvalue weighted by molar-refractivity contribution is 5.86. The van der Waals surface area contributed by atoms with Crippen LogP contribution in [0.15, 0.2) is 84.9 Å². The summed E-state index contributed by atoms with van der Waals surface area (Å²) in [6, 6.07) is 29.4. The van der Waals surface area contributed by atoms with Crippen LogP contribution in [0.1, 0.15) is 107 Å². The molecule has 2 aliphatic carbocycles. The molecule has 0 amide bonds. The molecule has 0 bridgehead atoms. The number of esters is 1. The number of hydrogen-bond acceptors (Lipinski definition) is 5. The summed E-state index contributed by atoms with van der Waals surface area (Å²) in [4.78, 5) is 29.1. The zero-order valence-corrected chi connectivity index (χ0v) is 31.8. The number of benzene rings is 4. The van der Waals surface area contributed by atoms with Crippen LogP contribution >= 0.6 is 0 Å². The van der Waals surface area contributed by atoms with E-state index in [4.69, 9.17) is 14.5 Å². The summed E-state index contributed by atoms with van der Waals surface area (Å²) in [5.74, 6) is 2.13. The monoisotopic (exact) mass is 696 g/mol. The summed E-state index contributed by atoms with van der Waals surface area (Å²) in [7, 11) is 0. The van der Waals surface area contributed by atoms with Crippen LogP contribution in [0.5, 0.6) is 5.75 Å². The number of aryl methyl sites for hydroxylation is 1. The molecule has 1 aromatic heterocycles. The first-order valence-corrected chi connectivity index (χ1v) is 18.9. The molecule has 0 N–H and O–H groups in total. The van der Waals surface area contributed by atoms with Crippen molar-refractivity contribution in [2.24, 2.45) is 11.3 Å². The second kappa shape index (κ2) is 13.7. The van der Waals surface area contributed by atoms with Gasteiger partial charge in [-0.3, -0.25) is 4.79 Å². The van der Waals surface area contributed by atoms with Crippen molar-refractivity contribution in [2.75, 3.05) is 6.61 Å². The second-order valence-corrected chi connectivity index (χ2v) is 17.0. The lowest BCUT2D eigenvalue weighted by atomic mass is 9.49. The fourth-order valence-electron chi connectivity index (χ4n) is 9.24. The van der Waals surface area contributed by atoms with E-state index in [0.717, 1.165) is 59.2 Å². The largest absolute Gasteiger partial charge is 0.482 e. The minimum atomic E-state index is -0.578. The molecule has 0 spiro atoms. The maximum absolute atomic E-state index is 12.5. The summed E-state index contributed by atoms with van der Waals surface area (Å²) in [6.07, 6.45) is 6.72. The quantitative estimate of drug-likeness (QED) is 0.113. The summed E-state index contributed by atoms with van der Waals surface area (Å²) in [5.41, 5.74) is 9.80. The Labute approximate surface area is 308 Å². The molecular formula is C46H52N2O4. The average molecular weight is 697 g/mol. The molecule has 5 aromatic rings. The molecule has 0 saturated heterocycles. The number of nitrogens with zero attached hydrogens (tertiary/aromatic N) is 2. The van der Waals surface area contributed by atoms with Crippen LogP contribution in [-0.4, -0.2) is 34.0 Å². The average Bonchev–Trinajstić information content (AvgIpc) is 3.46. The summed E-state index contributed by atoms with van der Waals surface area (Å²) in [6.45, 7) is 15.9. The van der Waals surface area contributed by atoms with Crippen LogP contribution in [-0.2, 0) is 27.9 Å². The van der Waals surface area contributed by atoms with Gasteiger partial charge < -0.3 is 14.0 Å². The highest BCUT2D eigenvalue weighted by Crippen LogP contribution is 2.58. The molecule has 52 heavy (non-hydrogen) atoms. The third kappa shape index (κ3) is 6.92. The van der Waals surface area contributed by atoms with Gasteiger partial charge in [-0.2, -0.15) is 0 Å². The summed E-state index contributed by atoms with van der Waals surface area (Å²) >= 11 is 0. The number of hydrogen-bond donors (Lipinski definition) is 0. The molecule has 1 heterocycles. The predicted octanol–water partition coefficient (Wildman–Crippen LogP) is 10.7. The van der Waals surface area contributed by atoms with Gasteiger partial charge in [-0.25, -0.2) is 9.78 Å². The van der Waals surface area contributed by atoms with Crippen LogP contribution < -0.4 is 4.74 Å². The van der Waals surface area contributed by atoms with E-state index in [1.165, 1.54) is 24.8 Å². The first-order chi connectivity index (χ1) is 24.8. The van der Waals surface area contributed by atoms with Crippen LogP contribution in [0, 0.1) is 11.3 Å². The standard InChI is InChI=1S/C46H52N2O4/c1-30(2)33-16-19-38-35(24-33)18-21-41-45(6,22-9-23-46(38,41)7)29-48-40-20-17-34(32-14-12-31(27-49)13-15-32)26-39(40)47-43(48)36-10-8-11-37(25-36)51-28-42(50)52-44(3,4)5/h8,10-17,19-20,24-27,30,41H,9,18,21-23,28-29H2,1-7H3/t41-,45+,46+/m0/s1. The summed E-state index contributed by atoms with van der Waals surface area (Å²) in [5, 5.41) is 0. The SMILES string of the molecule is CC(C)c1ccc2c(c1)CC[C@H]1[C@@](C)(Cn3c(-c4cccc(OCC(=O)OC(C)(C)C)c4)nc4cc(-c5ccc(C=O)cc5)ccc43)CCC[C@]21C. The zero-order valence-electron chi connectivity index (χ0n) is 31.8. The minimum absolute atomic E-state index is 0.0396. The fraction of sp³-hybridized carbons (Fsp3) is 0.413. The van der Waals surface area contributed by atoms with Crippen molar-refractivity contribution in [1.29, 1.82) is 0 Å². The number of aldehydes is 1. The van der Waals surface area contributed by atoms with E-state index in [1.807, 2.05) is 63.2 Å². The molecule has 3 atom stereocenters. The van der Waals surface area contributed by atoms with Crippen molar-refractivity contribution in [3.63, 3.8) is 0 Å². The molecule has 6 nitrogen and oxygen atoms in total. The number of fused-ring (bicyclic) bond motifs is 4. The molecule has 4 aromatic carbocycles. The van der Waals surface area contributed by atoms with Crippen molar-refractivity contribution in [1.82, 2.24) is 9.55 Å². The number of rotatable bonds is 9. The Hall–Kier alpha value is -4.71. The zero-order chi connectivity index (χ0) is 36.8. The molecular weight excluding hydrogens is 645 g/mol. The lowest BCUT2D eigenvalue weighted by Crippen LogP contribution is -2.50. The smallest absolute Gasteiger partial charge is 0.344 e. The van der Waals surface area contributed by atoms with Crippen molar-refractivity contribution in [3.8, 4) is 28.3 Å². The van der Waals surface area contributed by atoms with Crippen molar-refractivity contribution >= 4 is 23.3 Å². The van der Waals surface area contributed by atoms with E-state index in [1.54, 1.807) is 11.1 Å². The van der Waals surface area contributed by atoms with Crippen LogP contribution in [0.4, 0.5) is 0 Å². The van der Waals surface area contributed by atoms with Crippen molar-refractivity contribution < 1.29 is 19.1 Å². The number of aromatic nitrogens is 2. The van der Waals surface area contributed by atoms with Gasteiger partial charge in [-0.05, 0) is 121 Å². The second-order valence-electron chi connectivity index (χ2n) is 17.0. The van der Waals surface area contributed by atoms with Crippen LogP contribution in [0.2, 0.25) is 0 Å². The van der Waals surface area contributed by atoms with Crippen molar-refractivity contribution in [3.05, 3.63) is 107 Å². The number of carbonyl (C=O) groups excluding carboxylic acids is 2. The maximum Gasteiger partial charge on any atom is 0.344 e. The van der Waals surface area contributed by atoms with Gasteiger partial charge in [0.05, 0.1) is 11.0 Å². The molecule has 0 aliphatic heterocycles. The third-order valence-electron chi connectivity index (χ3n) is 11.7. The van der Waals surface area contributed by atoms with E-state index in [9.17, 15) is 9.59 Å².